The Bertz CT molecular complexity index is 462. The fourth-order valence-electron chi connectivity index (χ4n) is 2.71. The highest BCUT2D eigenvalue weighted by molar-refractivity contribution is 5.37. The van der Waals surface area contributed by atoms with Crippen LogP contribution in [0.25, 0.3) is 0 Å². The molecule has 26 heavy (non-hydrogen) atoms. The molecule has 0 aliphatic carbocycles. The largest absolute Gasteiger partial charge is 1.00 e. The van der Waals surface area contributed by atoms with E-state index in [9.17, 15) is 0 Å². The summed E-state index contributed by atoms with van der Waals surface area (Å²) in [7, 11) is 0. The third kappa shape index (κ3) is 11.0. The van der Waals surface area contributed by atoms with Crippen molar-refractivity contribution in [3.05, 3.63) is 34.9 Å². The van der Waals surface area contributed by atoms with Gasteiger partial charge in [-0.15, -0.1) is 0 Å². The van der Waals surface area contributed by atoms with Crippen molar-refractivity contribution in [1.82, 2.24) is 0 Å². The van der Waals surface area contributed by atoms with Crippen LogP contribution in [-0.4, -0.2) is 19.1 Å². The Hall–Kier alpha value is -0.0300. The van der Waals surface area contributed by atoms with Crippen LogP contribution >= 0.6 is 0 Å². The van der Waals surface area contributed by atoms with Crippen molar-refractivity contribution in [3.8, 4) is 0 Å². The Morgan fingerprint density at radius 3 is 1.73 bits per heavy atom. The fraction of sp³-hybridized carbons (Fsp3) is 0.700. The minimum absolute atomic E-state index is 0. The number of hydrogen-bond donors (Lipinski definition) is 3. The second-order valence-corrected chi connectivity index (χ2v) is 9.01. The summed E-state index contributed by atoms with van der Waals surface area (Å²) < 4.78 is 0. The number of benzene rings is 1. The second kappa shape index (κ2) is 13.2. The predicted molar refractivity (Wildman–Crippen MR) is 98.0 cm³/mol. The highest BCUT2D eigenvalue weighted by atomic mass is 35.5. The van der Waals surface area contributed by atoms with Gasteiger partial charge in [-0.2, -0.15) is 0 Å². The topological polar surface area (TPSA) is 71.9 Å². The highest BCUT2D eigenvalue weighted by Gasteiger charge is 2.21. The monoisotopic (exact) mass is 427 g/mol. The number of halogens is 3. The number of rotatable bonds is 7. The smallest absolute Gasteiger partial charge is 0.134 e. The summed E-state index contributed by atoms with van der Waals surface area (Å²) in [5.41, 5.74) is 12.9. The second-order valence-electron chi connectivity index (χ2n) is 9.01. The molecule has 0 aromatic heterocycles. The van der Waals surface area contributed by atoms with E-state index in [1.54, 1.807) is 0 Å². The van der Waals surface area contributed by atoms with Gasteiger partial charge in [-0.3, -0.25) is 0 Å². The van der Waals surface area contributed by atoms with Crippen molar-refractivity contribution in [1.29, 1.82) is 0 Å². The molecular weight excluding hydrogens is 389 g/mol. The van der Waals surface area contributed by atoms with Gasteiger partial charge in [0.1, 0.15) is 19.1 Å². The van der Waals surface area contributed by atoms with Crippen LogP contribution in [0.5, 0.6) is 0 Å². The summed E-state index contributed by atoms with van der Waals surface area (Å²) >= 11 is 0. The first-order valence-corrected chi connectivity index (χ1v) is 9.13. The van der Waals surface area contributed by atoms with Gasteiger partial charge in [0.15, 0.2) is 0 Å². The van der Waals surface area contributed by atoms with Gasteiger partial charge < -0.3 is 54.0 Å². The zero-order chi connectivity index (χ0) is 17.7. The SMILES string of the molecule is CC(C)(C)c1cc(C[NH2+]CC([NH3+])CCC[NH3+])cc(C(C)(C)C)c1.[Cl-].[Cl-].[Cl-]. The van der Waals surface area contributed by atoms with Crippen LogP contribution in [0, 0.1) is 0 Å². The predicted octanol–water partition coefficient (Wildman–Crippen LogP) is -8.01. The Labute approximate surface area is 179 Å². The van der Waals surface area contributed by atoms with E-state index in [-0.39, 0.29) is 48.1 Å². The third-order valence-electron chi connectivity index (χ3n) is 4.47. The lowest BCUT2D eigenvalue weighted by molar-refractivity contribution is -0.694. The molecule has 1 unspecified atom stereocenters. The van der Waals surface area contributed by atoms with Gasteiger partial charge in [-0.05, 0) is 34.1 Å². The fourth-order valence-corrected chi connectivity index (χ4v) is 2.71. The van der Waals surface area contributed by atoms with Crippen LogP contribution in [-0.2, 0) is 17.4 Å². The molecule has 1 aromatic carbocycles. The van der Waals surface area contributed by atoms with Crippen molar-refractivity contribution >= 4 is 0 Å². The van der Waals surface area contributed by atoms with Crippen LogP contribution in [0.15, 0.2) is 18.2 Å². The molecule has 0 fully saturated rings. The molecular formula is C20H40Cl3N3. The van der Waals surface area contributed by atoms with Gasteiger partial charge in [0.2, 0.25) is 0 Å². The molecule has 8 N–H and O–H groups in total. The van der Waals surface area contributed by atoms with Crippen LogP contribution in [0.3, 0.4) is 0 Å². The van der Waals surface area contributed by atoms with Crippen molar-refractivity contribution in [3.63, 3.8) is 0 Å². The van der Waals surface area contributed by atoms with Crippen LogP contribution < -0.4 is 54.0 Å². The molecule has 0 spiro atoms. The molecule has 1 aromatic rings. The van der Waals surface area contributed by atoms with Gasteiger partial charge in [0, 0.05) is 18.4 Å². The minimum atomic E-state index is 0. The van der Waals surface area contributed by atoms with Crippen LogP contribution in [0.1, 0.15) is 71.1 Å². The van der Waals surface area contributed by atoms with Gasteiger partial charge in [-0.1, -0.05) is 47.6 Å². The maximum absolute atomic E-state index is 4.26. The lowest BCUT2D eigenvalue weighted by atomic mass is 9.79. The molecule has 0 bridgehead atoms. The van der Waals surface area contributed by atoms with Crippen molar-refractivity contribution in [2.75, 3.05) is 13.1 Å². The van der Waals surface area contributed by atoms with E-state index in [2.05, 4.69) is 76.5 Å². The lowest BCUT2D eigenvalue weighted by Crippen LogP contribution is -3.00. The van der Waals surface area contributed by atoms with E-state index >= 15 is 0 Å². The highest BCUT2D eigenvalue weighted by Crippen LogP contribution is 2.30. The first kappa shape index (κ1) is 30.7. The Balaban J connectivity index is -0.00000176. The summed E-state index contributed by atoms with van der Waals surface area (Å²) in [6.07, 6.45) is 2.38. The Morgan fingerprint density at radius 1 is 0.885 bits per heavy atom. The molecule has 0 saturated heterocycles. The van der Waals surface area contributed by atoms with Crippen LogP contribution in [0.4, 0.5) is 0 Å². The maximum atomic E-state index is 4.26. The normalized spacial score (nSPS) is 12.5. The van der Waals surface area contributed by atoms with E-state index in [0.29, 0.717) is 6.04 Å². The molecule has 156 valence electrons. The zero-order valence-electron chi connectivity index (χ0n) is 17.5. The third-order valence-corrected chi connectivity index (χ3v) is 4.47. The van der Waals surface area contributed by atoms with Crippen molar-refractivity contribution in [2.45, 2.75) is 77.8 Å². The molecule has 0 aliphatic heterocycles. The summed E-state index contributed by atoms with van der Waals surface area (Å²) in [5.74, 6) is 0. The van der Waals surface area contributed by atoms with Gasteiger partial charge >= 0.3 is 0 Å². The summed E-state index contributed by atoms with van der Waals surface area (Å²) in [5, 5.41) is 2.41. The van der Waals surface area contributed by atoms with E-state index in [1.165, 1.54) is 29.5 Å². The Kier molecular flexibility index (Phi) is 15.6. The molecule has 0 radical (unpaired) electrons. The number of hydrogen-bond acceptors (Lipinski definition) is 0. The summed E-state index contributed by atoms with van der Waals surface area (Å²) in [4.78, 5) is 0. The summed E-state index contributed by atoms with van der Waals surface area (Å²) in [6.45, 7) is 17.0. The van der Waals surface area contributed by atoms with Gasteiger partial charge in [0.05, 0.1) is 6.54 Å². The first-order valence-electron chi connectivity index (χ1n) is 9.13. The molecule has 1 rings (SSSR count). The molecule has 6 heteroatoms. The van der Waals surface area contributed by atoms with Crippen molar-refractivity contribution in [2.24, 2.45) is 0 Å². The van der Waals surface area contributed by atoms with Gasteiger partial charge in [0.25, 0.3) is 0 Å². The summed E-state index contributed by atoms with van der Waals surface area (Å²) in [6, 6.07) is 7.70. The number of nitrogens with two attached hydrogens (primary N) is 1. The minimum Gasteiger partial charge on any atom is -1.00 e. The molecule has 0 heterocycles. The standard InChI is InChI=1S/C20H37N3.3ClH/c1-19(2,3)16-10-15(11-17(12-16)20(4,5)6)13-23-14-18(22)8-7-9-21;;;/h10-12,18,23H,7-9,13-14,21-22H2,1-6H3;3*1H. The Morgan fingerprint density at radius 2 is 1.35 bits per heavy atom. The van der Waals surface area contributed by atoms with Crippen molar-refractivity contribution < 1.29 is 54.0 Å². The van der Waals surface area contributed by atoms with E-state index < -0.39 is 0 Å². The average Bonchev–Trinajstić information content (AvgIpc) is 2.43. The van der Waals surface area contributed by atoms with E-state index in [4.69, 9.17) is 0 Å². The average molecular weight is 429 g/mol. The molecule has 3 nitrogen and oxygen atoms in total. The molecule has 0 aliphatic rings. The first-order chi connectivity index (χ1) is 10.5. The molecule has 0 amide bonds. The van der Waals surface area contributed by atoms with Gasteiger partial charge in [-0.25, -0.2) is 0 Å². The molecule has 1 atom stereocenters. The lowest BCUT2D eigenvalue weighted by Gasteiger charge is -2.26. The zero-order valence-corrected chi connectivity index (χ0v) is 19.7. The van der Waals surface area contributed by atoms with Crippen LogP contribution in [0.2, 0.25) is 0 Å². The van der Waals surface area contributed by atoms with E-state index in [1.807, 2.05) is 0 Å². The quantitative estimate of drug-likeness (QED) is 0.386. The van der Waals surface area contributed by atoms with E-state index in [0.717, 1.165) is 19.6 Å². The molecule has 0 saturated carbocycles. The maximum Gasteiger partial charge on any atom is 0.134 e. The number of quaternary nitrogens is 3.